The van der Waals surface area contributed by atoms with Crippen LogP contribution >= 0.6 is 0 Å². The molecule has 106 valence electrons. The lowest BCUT2D eigenvalue weighted by molar-refractivity contribution is 0.523. The van der Waals surface area contributed by atoms with Crippen LogP contribution < -0.4 is 5.32 Å². The topological polar surface area (TPSA) is 12.0 Å². The van der Waals surface area contributed by atoms with Crippen molar-refractivity contribution >= 4 is 10.8 Å². The highest BCUT2D eigenvalue weighted by molar-refractivity contribution is 5.86. The fourth-order valence-corrected chi connectivity index (χ4v) is 2.74. The fraction of sp³-hybridized carbons (Fsp3) is 0.111. The maximum absolute atomic E-state index is 14.1. The standard InChI is InChI=1S/C18H15F2N/c1-21-18(17-15(19)10-5-11-16(17)20)14-9-4-7-12-6-2-3-8-13(12)14/h2-11,18,21H,1H3. The molecule has 0 radical (unpaired) electrons. The van der Waals surface area contributed by atoms with E-state index in [9.17, 15) is 8.78 Å². The van der Waals surface area contributed by atoms with Crippen LogP contribution in [0.5, 0.6) is 0 Å². The summed E-state index contributed by atoms with van der Waals surface area (Å²) in [7, 11) is 1.71. The summed E-state index contributed by atoms with van der Waals surface area (Å²) < 4.78 is 28.2. The van der Waals surface area contributed by atoms with Gasteiger partial charge in [-0.25, -0.2) is 8.78 Å². The smallest absolute Gasteiger partial charge is 0.131 e. The third kappa shape index (κ3) is 2.41. The Morgan fingerprint density at radius 1 is 0.810 bits per heavy atom. The van der Waals surface area contributed by atoms with Crippen LogP contribution in [0.2, 0.25) is 0 Å². The lowest BCUT2D eigenvalue weighted by Crippen LogP contribution is -2.20. The van der Waals surface area contributed by atoms with Crippen LogP contribution in [0.1, 0.15) is 17.2 Å². The Morgan fingerprint density at radius 2 is 1.43 bits per heavy atom. The average Bonchev–Trinajstić information content (AvgIpc) is 2.51. The highest BCUT2D eigenvalue weighted by atomic mass is 19.1. The first-order chi connectivity index (χ1) is 10.2. The van der Waals surface area contributed by atoms with E-state index in [-0.39, 0.29) is 5.56 Å². The van der Waals surface area contributed by atoms with Crippen LogP contribution in [0.25, 0.3) is 10.8 Å². The third-order valence-corrected chi connectivity index (χ3v) is 3.71. The molecule has 0 amide bonds. The molecule has 0 aliphatic carbocycles. The Morgan fingerprint density at radius 3 is 2.14 bits per heavy atom. The van der Waals surface area contributed by atoms with Gasteiger partial charge < -0.3 is 5.32 Å². The summed E-state index contributed by atoms with van der Waals surface area (Å²) in [6.45, 7) is 0. The Balaban J connectivity index is 2.24. The number of hydrogen-bond donors (Lipinski definition) is 1. The van der Waals surface area contributed by atoms with Gasteiger partial charge in [0, 0.05) is 5.56 Å². The number of nitrogens with one attached hydrogen (secondary N) is 1. The van der Waals surface area contributed by atoms with Crippen LogP contribution in [0, 0.1) is 11.6 Å². The summed E-state index contributed by atoms with van der Waals surface area (Å²) in [6, 6.07) is 17.0. The van der Waals surface area contributed by atoms with Gasteiger partial charge in [-0.15, -0.1) is 0 Å². The SMILES string of the molecule is CNC(c1c(F)cccc1F)c1cccc2ccccc12. The predicted octanol–water partition coefficient (Wildman–Crippen LogP) is 4.43. The highest BCUT2D eigenvalue weighted by Crippen LogP contribution is 2.31. The zero-order valence-electron chi connectivity index (χ0n) is 11.6. The van der Waals surface area contributed by atoms with E-state index in [0.29, 0.717) is 0 Å². The molecular weight excluding hydrogens is 268 g/mol. The largest absolute Gasteiger partial charge is 0.309 e. The number of hydrogen-bond acceptors (Lipinski definition) is 1. The van der Waals surface area contributed by atoms with Crippen LogP contribution in [0.4, 0.5) is 8.78 Å². The molecule has 1 atom stereocenters. The molecule has 3 rings (SSSR count). The zero-order valence-corrected chi connectivity index (χ0v) is 11.6. The number of rotatable bonds is 3. The van der Waals surface area contributed by atoms with Crippen molar-refractivity contribution in [1.29, 1.82) is 0 Å². The molecule has 0 spiro atoms. The number of benzene rings is 3. The Labute approximate surface area is 122 Å². The van der Waals surface area contributed by atoms with Crippen LogP contribution in [-0.4, -0.2) is 7.05 Å². The van der Waals surface area contributed by atoms with E-state index in [1.54, 1.807) is 7.05 Å². The van der Waals surface area contributed by atoms with Gasteiger partial charge in [0.25, 0.3) is 0 Å². The quantitative estimate of drug-likeness (QED) is 0.750. The van der Waals surface area contributed by atoms with Gasteiger partial charge >= 0.3 is 0 Å². The van der Waals surface area contributed by atoms with Gasteiger partial charge in [0.15, 0.2) is 0 Å². The molecule has 21 heavy (non-hydrogen) atoms. The molecule has 0 heterocycles. The van der Waals surface area contributed by atoms with Crippen LogP contribution in [0.15, 0.2) is 60.7 Å². The van der Waals surface area contributed by atoms with Gasteiger partial charge in [-0.1, -0.05) is 48.5 Å². The minimum atomic E-state index is -0.540. The predicted molar refractivity (Wildman–Crippen MR) is 81.2 cm³/mol. The molecule has 0 saturated carbocycles. The first-order valence-electron chi connectivity index (χ1n) is 6.81. The van der Waals surface area contributed by atoms with Crippen molar-refractivity contribution in [2.45, 2.75) is 6.04 Å². The average molecular weight is 283 g/mol. The molecule has 0 aliphatic rings. The zero-order chi connectivity index (χ0) is 14.8. The molecular formula is C18H15F2N. The first kappa shape index (κ1) is 13.7. The fourth-order valence-electron chi connectivity index (χ4n) is 2.74. The van der Waals surface area contributed by atoms with Crippen molar-refractivity contribution < 1.29 is 8.78 Å². The summed E-state index contributed by atoms with van der Waals surface area (Å²) in [5, 5.41) is 5.06. The highest BCUT2D eigenvalue weighted by Gasteiger charge is 2.21. The van der Waals surface area contributed by atoms with Crippen molar-refractivity contribution in [1.82, 2.24) is 5.32 Å². The minimum absolute atomic E-state index is 0.0522. The van der Waals surface area contributed by atoms with E-state index in [0.717, 1.165) is 16.3 Å². The van der Waals surface area contributed by atoms with Crippen molar-refractivity contribution in [2.75, 3.05) is 7.05 Å². The second-order valence-corrected chi connectivity index (χ2v) is 4.93. The maximum Gasteiger partial charge on any atom is 0.131 e. The molecule has 0 saturated heterocycles. The monoisotopic (exact) mass is 283 g/mol. The Bertz CT molecular complexity index is 758. The van der Waals surface area contributed by atoms with E-state index < -0.39 is 17.7 Å². The Hall–Kier alpha value is -2.26. The van der Waals surface area contributed by atoms with E-state index >= 15 is 0 Å². The maximum atomic E-state index is 14.1. The van der Waals surface area contributed by atoms with Gasteiger partial charge in [0.05, 0.1) is 6.04 Å². The van der Waals surface area contributed by atoms with Gasteiger partial charge in [0.2, 0.25) is 0 Å². The van der Waals surface area contributed by atoms with Crippen LogP contribution in [0.3, 0.4) is 0 Å². The molecule has 3 heteroatoms. The van der Waals surface area contributed by atoms with Crippen molar-refractivity contribution in [3.05, 3.63) is 83.4 Å². The third-order valence-electron chi connectivity index (χ3n) is 3.71. The van der Waals surface area contributed by atoms with E-state index in [4.69, 9.17) is 0 Å². The minimum Gasteiger partial charge on any atom is -0.309 e. The Kier molecular flexibility index (Phi) is 3.67. The van der Waals surface area contributed by atoms with E-state index in [2.05, 4.69) is 5.32 Å². The molecule has 0 fully saturated rings. The summed E-state index contributed by atoms with van der Waals surface area (Å²) in [4.78, 5) is 0. The summed E-state index contributed by atoms with van der Waals surface area (Å²) >= 11 is 0. The van der Waals surface area contributed by atoms with Crippen molar-refractivity contribution in [2.24, 2.45) is 0 Å². The van der Waals surface area contributed by atoms with E-state index in [1.807, 2.05) is 42.5 Å². The van der Waals surface area contributed by atoms with E-state index in [1.165, 1.54) is 18.2 Å². The second kappa shape index (κ2) is 5.62. The lowest BCUT2D eigenvalue weighted by atomic mass is 9.93. The van der Waals surface area contributed by atoms with Gasteiger partial charge in [-0.05, 0) is 35.5 Å². The summed E-state index contributed by atoms with van der Waals surface area (Å²) in [5.41, 5.74) is 0.913. The normalized spacial score (nSPS) is 12.5. The van der Waals surface area contributed by atoms with Gasteiger partial charge in [0.1, 0.15) is 11.6 Å². The molecule has 3 aromatic rings. The summed E-state index contributed by atoms with van der Waals surface area (Å²) in [5.74, 6) is -1.08. The molecule has 0 aromatic heterocycles. The number of halogens is 2. The molecule has 1 nitrogen and oxygen atoms in total. The lowest BCUT2D eigenvalue weighted by Gasteiger charge is -2.20. The van der Waals surface area contributed by atoms with Crippen molar-refractivity contribution in [3.8, 4) is 0 Å². The molecule has 0 bridgehead atoms. The second-order valence-electron chi connectivity index (χ2n) is 4.93. The molecule has 1 unspecified atom stereocenters. The number of fused-ring (bicyclic) bond motifs is 1. The van der Waals surface area contributed by atoms with Crippen LogP contribution in [-0.2, 0) is 0 Å². The van der Waals surface area contributed by atoms with Gasteiger partial charge in [-0.3, -0.25) is 0 Å². The summed E-state index contributed by atoms with van der Waals surface area (Å²) in [6.07, 6.45) is 0. The van der Waals surface area contributed by atoms with Gasteiger partial charge in [-0.2, -0.15) is 0 Å². The molecule has 1 N–H and O–H groups in total. The van der Waals surface area contributed by atoms with Crippen molar-refractivity contribution in [3.63, 3.8) is 0 Å². The molecule has 0 aliphatic heterocycles. The molecule has 3 aromatic carbocycles. The first-order valence-corrected chi connectivity index (χ1v) is 6.81.